The van der Waals surface area contributed by atoms with Crippen LogP contribution in [0.5, 0.6) is 11.5 Å². The van der Waals surface area contributed by atoms with Crippen LogP contribution in [0.25, 0.3) is 0 Å². The molecule has 0 saturated heterocycles. The van der Waals surface area contributed by atoms with Gasteiger partial charge in [-0.15, -0.1) is 0 Å². The van der Waals surface area contributed by atoms with Crippen LogP contribution in [-0.2, 0) is 0 Å². The number of hydrogen-bond acceptors (Lipinski definition) is 8. The minimum absolute atomic E-state index is 0.322. The van der Waals surface area contributed by atoms with Gasteiger partial charge in [0, 0.05) is 0 Å². The molecule has 0 atom stereocenters. The fourth-order valence-corrected chi connectivity index (χ4v) is 0.856. The Morgan fingerprint density at radius 3 is 0.727 bits per heavy atom. The van der Waals surface area contributed by atoms with Crippen molar-refractivity contribution in [3.05, 3.63) is 60.7 Å². The van der Waals surface area contributed by atoms with Crippen molar-refractivity contribution in [2.45, 2.75) is 0 Å². The van der Waals surface area contributed by atoms with Crippen LogP contribution in [0.1, 0.15) is 0 Å². The van der Waals surface area contributed by atoms with Gasteiger partial charge in [0.1, 0.15) is 11.5 Å². The Bertz CT molecular complexity index is 392. The second-order valence-corrected chi connectivity index (χ2v) is 4.28. The zero-order chi connectivity index (χ0) is 17.4. The molecule has 124 valence electrons. The largest absolute Gasteiger partial charge is 0.508 e. The van der Waals surface area contributed by atoms with Crippen molar-refractivity contribution < 1.29 is 39.6 Å². The molecule has 8 N–H and O–H groups in total. The second-order valence-electron chi connectivity index (χ2n) is 3.21. The van der Waals surface area contributed by atoms with Gasteiger partial charge in [-0.25, -0.2) is 0 Å². The molecule has 2 aromatic carbocycles. The Labute approximate surface area is 129 Å². The van der Waals surface area contributed by atoms with E-state index < -0.39 is 17.2 Å². The summed E-state index contributed by atoms with van der Waals surface area (Å²) in [5.74, 6) is 0.644. The summed E-state index contributed by atoms with van der Waals surface area (Å²) in [7, 11) is -5.24. The number of phenolic OH excluding ortho intramolecular Hbond substituents is 2. The molecule has 0 heterocycles. The van der Waals surface area contributed by atoms with Crippen LogP contribution in [0.15, 0.2) is 60.7 Å². The predicted molar refractivity (Wildman–Crippen MR) is 83.4 cm³/mol. The number of benzene rings is 2. The molecule has 0 bridgehead atoms. The monoisotopic (exact) mass is 352 g/mol. The maximum Gasteiger partial charge on any atom is 0.324 e. The van der Waals surface area contributed by atoms with E-state index in [4.69, 9.17) is 39.6 Å². The third kappa shape index (κ3) is 27.1. The average Bonchev–Trinajstić information content (AvgIpc) is 2.40. The van der Waals surface area contributed by atoms with Crippen LogP contribution in [-0.4, -0.2) is 39.6 Å². The van der Waals surface area contributed by atoms with E-state index in [1.807, 2.05) is 12.1 Å². The third-order valence-corrected chi connectivity index (χ3v) is 1.51. The molecule has 0 fully saturated rings. The summed E-state index contributed by atoms with van der Waals surface area (Å²) in [4.78, 5) is 43.4. The number of hydrogen-bond donors (Lipinski definition) is 8. The van der Waals surface area contributed by atoms with E-state index in [2.05, 4.69) is 0 Å². The van der Waals surface area contributed by atoms with Gasteiger partial charge >= 0.3 is 17.2 Å². The minimum Gasteiger partial charge on any atom is -0.508 e. The molecule has 0 amide bonds. The predicted octanol–water partition coefficient (Wildman–Crippen LogP) is 1.16. The van der Waals surface area contributed by atoms with E-state index >= 15 is 0 Å². The molecule has 0 aromatic heterocycles. The number of aromatic hydroxyl groups is 2. The Kier molecular flexibility index (Phi) is 16.7. The van der Waals surface area contributed by atoms with Gasteiger partial charge in [-0.2, -0.15) is 0 Å². The highest BCUT2D eigenvalue weighted by Gasteiger charge is 1.77. The molecule has 0 aliphatic carbocycles. The highest BCUT2D eigenvalue weighted by molar-refractivity contribution is 7.38. The van der Waals surface area contributed by atoms with E-state index in [1.165, 1.54) is 0 Å². The maximum absolute atomic E-state index is 8.63. The molecule has 0 saturated carbocycles. The molecule has 22 heavy (non-hydrogen) atoms. The molecule has 2 aromatic rings. The first-order valence-corrected chi connectivity index (χ1v) is 7.87. The summed E-state index contributed by atoms with van der Waals surface area (Å²) >= 11 is 0. The zero-order valence-corrected chi connectivity index (χ0v) is 13.0. The van der Waals surface area contributed by atoms with Crippen LogP contribution in [0.4, 0.5) is 0 Å². The van der Waals surface area contributed by atoms with Crippen molar-refractivity contribution in [1.82, 2.24) is 0 Å². The van der Waals surface area contributed by atoms with Crippen molar-refractivity contribution in [1.29, 1.82) is 0 Å². The molecular weight excluding hydrogens is 334 g/mol. The van der Waals surface area contributed by atoms with E-state index in [-0.39, 0.29) is 0 Å². The topological polar surface area (TPSA) is 162 Å². The van der Waals surface area contributed by atoms with Gasteiger partial charge in [0.2, 0.25) is 0 Å². The quantitative estimate of drug-likeness (QED) is 0.328. The molecule has 0 aliphatic heterocycles. The van der Waals surface area contributed by atoms with Crippen molar-refractivity contribution in [3.8, 4) is 11.5 Å². The Balaban J connectivity index is 0. The molecule has 10 heteroatoms. The number of rotatable bonds is 0. The van der Waals surface area contributed by atoms with Crippen LogP contribution in [0.2, 0.25) is 0 Å². The van der Waals surface area contributed by atoms with Crippen molar-refractivity contribution in [3.63, 3.8) is 0 Å². The lowest BCUT2D eigenvalue weighted by Crippen LogP contribution is -1.56. The second kappa shape index (κ2) is 16.0. The Morgan fingerprint density at radius 1 is 0.455 bits per heavy atom. The zero-order valence-electron chi connectivity index (χ0n) is 11.2. The third-order valence-electron chi connectivity index (χ3n) is 1.51. The van der Waals surface area contributed by atoms with Gasteiger partial charge in [-0.05, 0) is 24.3 Å². The first-order chi connectivity index (χ1) is 10.3. The summed E-state index contributed by atoms with van der Waals surface area (Å²) in [5.41, 5.74) is 0. The van der Waals surface area contributed by atoms with Gasteiger partial charge < -0.3 is 39.6 Å². The maximum atomic E-state index is 8.63. The highest BCUT2D eigenvalue weighted by Crippen LogP contribution is 2.12. The lowest BCUT2D eigenvalue weighted by molar-refractivity contribution is 0.366. The van der Waals surface area contributed by atoms with Gasteiger partial charge in [0.15, 0.2) is 0 Å². The first-order valence-electron chi connectivity index (χ1n) is 5.47. The normalized spacial score (nSPS) is 8.73. The Morgan fingerprint density at radius 2 is 0.636 bits per heavy atom. The first kappa shape index (κ1) is 22.9. The van der Waals surface area contributed by atoms with Crippen LogP contribution in [0, 0.1) is 0 Å². The van der Waals surface area contributed by atoms with Crippen LogP contribution >= 0.6 is 17.2 Å². The smallest absolute Gasteiger partial charge is 0.324 e. The molecular formula is C12H18O8P2. The van der Waals surface area contributed by atoms with Crippen molar-refractivity contribution in [2.75, 3.05) is 0 Å². The van der Waals surface area contributed by atoms with Gasteiger partial charge in [0.25, 0.3) is 0 Å². The lowest BCUT2D eigenvalue weighted by Gasteiger charge is -1.82. The number of phenols is 2. The van der Waals surface area contributed by atoms with Crippen molar-refractivity contribution >= 4 is 17.2 Å². The summed E-state index contributed by atoms with van der Waals surface area (Å²) in [6.07, 6.45) is 0. The van der Waals surface area contributed by atoms with Gasteiger partial charge in [0.05, 0.1) is 0 Å². The summed E-state index contributed by atoms with van der Waals surface area (Å²) in [5, 5.41) is 17.3. The fraction of sp³-hybridized carbons (Fsp3) is 0. The SMILES string of the molecule is OP(O)O.OP(O)O.Oc1ccccc1.Oc1ccccc1. The van der Waals surface area contributed by atoms with E-state index in [9.17, 15) is 0 Å². The summed E-state index contributed by atoms with van der Waals surface area (Å²) in [6, 6.07) is 17.4. The van der Waals surface area contributed by atoms with E-state index in [0.717, 1.165) is 0 Å². The molecule has 0 aliphatic rings. The van der Waals surface area contributed by atoms with Crippen LogP contribution < -0.4 is 0 Å². The van der Waals surface area contributed by atoms with Crippen molar-refractivity contribution in [2.24, 2.45) is 0 Å². The molecule has 0 unspecified atom stereocenters. The van der Waals surface area contributed by atoms with E-state index in [0.29, 0.717) is 11.5 Å². The molecule has 0 spiro atoms. The number of para-hydroxylation sites is 2. The van der Waals surface area contributed by atoms with Crippen LogP contribution in [0.3, 0.4) is 0 Å². The summed E-state index contributed by atoms with van der Waals surface area (Å²) in [6.45, 7) is 0. The van der Waals surface area contributed by atoms with Gasteiger partial charge in [-0.1, -0.05) is 36.4 Å². The summed E-state index contributed by atoms with van der Waals surface area (Å²) < 4.78 is 0. The lowest BCUT2D eigenvalue weighted by atomic mass is 10.3. The molecule has 2 rings (SSSR count). The van der Waals surface area contributed by atoms with E-state index in [1.54, 1.807) is 48.5 Å². The highest BCUT2D eigenvalue weighted by atomic mass is 31.2. The fourth-order valence-electron chi connectivity index (χ4n) is 0.856. The molecule has 0 radical (unpaired) electrons. The van der Waals surface area contributed by atoms with Gasteiger partial charge in [-0.3, -0.25) is 0 Å². The minimum atomic E-state index is -2.62. The average molecular weight is 352 g/mol. The molecule has 8 nitrogen and oxygen atoms in total. The standard InChI is InChI=1S/2C6H6O.2H3O3P/c2*7-6-4-2-1-3-5-6;2*1-4(2)3/h2*1-5,7H;2*1-3H. The Hall–Kier alpha value is -1.34.